The van der Waals surface area contributed by atoms with Gasteiger partial charge in [-0.2, -0.15) is 0 Å². The van der Waals surface area contributed by atoms with Crippen LogP contribution in [0.5, 0.6) is 0 Å². The molecule has 0 aromatic carbocycles. The lowest BCUT2D eigenvalue weighted by Crippen LogP contribution is -2.07. The van der Waals surface area contributed by atoms with Crippen LogP contribution in [0.25, 0.3) is 0 Å². The number of aliphatic hydroxyl groups excluding tert-OH is 1. The summed E-state index contributed by atoms with van der Waals surface area (Å²) in [4.78, 5) is 10.7. The van der Waals surface area contributed by atoms with Gasteiger partial charge in [0.25, 0.3) is 0 Å². The number of rotatable bonds is 8. The molecule has 1 atom stereocenters. The molecule has 0 saturated heterocycles. The van der Waals surface area contributed by atoms with E-state index in [4.69, 9.17) is 5.11 Å². The quantitative estimate of drug-likeness (QED) is 0.671. The van der Waals surface area contributed by atoms with Gasteiger partial charge in [-0.1, -0.05) is 71.6 Å². The lowest BCUT2D eigenvalue weighted by Gasteiger charge is -2.20. The van der Waals surface area contributed by atoms with Crippen LogP contribution >= 0.6 is 0 Å². The summed E-state index contributed by atoms with van der Waals surface area (Å²) < 4.78 is 0. The number of carbonyl (C=O) groups excluding carboxylic acids is 1. The third kappa shape index (κ3) is 11.5. The molecule has 1 aliphatic rings. The van der Waals surface area contributed by atoms with E-state index in [-0.39, 0.29) is 12.4 Å². The van der Waals surface area contributed by atoms with Gasteiger partial charge in [0.15, 0.2) is 0 Å². The minimum atomic E-state index is 0.206. The third-order valence-electron chi connectivity index (χ3n) is 4.23. The monoisotopic (exact) mass is 284 g/mol. The van der Waals surface area contributed by atoms with Crippen LogP contribution < -0.4 is 0 Å². The van der Waals surface area contributed by atoms with E-state index in [9.17, 15) is 4.79 Å². The van der Waals surface area contributed by atoms with Gasteiger partial charge in [0.05, 0.1) is 0 Å². The van der Waals surface area contributed by atoms with Gasteiger partial charge in [-0.3, -0.25) is 0 Å². The first-order valence-corrected chi connectivity index (χ1v) is 8.74. The van der Waals surface area contributed by atoms with Gasteiger partial charge in [0.2, 0.25) is 0 Å². The van der Waals surface area contributed by atoms with Crippen molar-refractivity contribution >= 4 is 5.78 Å². The van der Waals surface area contributed by atoms with Crippen LogP contribution in [-0.4, -0.2) is 17.5 Å². The Morgan fingerprint density at radius 1 is 1.10 bits per heavy atom. The Bertz CT molecular complexity index is 211. The van der Waals surface area contributed by atoms with Gasteiger partial charge in [-0.15, -0.1) is 0 Å². The minimum absolute atomic E-state index is 0.206. The first-order valence-electron chi connectivity index (χ1n) is 8.74. The number of hydrogen-bond acceptors (Lipinski definition) is 2. The smallest absolute Gasteiger partial charge is 0.130 e. The predicted molar refractivity (Wildman–Crippen MR) is 86.9 cm³/mol. The summed E-state index contributed by atoms with van der Waals surface area (Å²) >= 11 is 0. The molecule has 1 N–H and O–H groups in total. The van der Waals surface area contributed by atoms with E-state index in [0.717, 1.165) is 25.2 Å². The van der Waals surface area contributed by atoms with Crippen LogP contribution in [0.3, 0.4) is 0 Å². The van der Waals surface area contributed by atoms with Crippen LogP contribution in [0.2, 0.25) is 0 Å². The molecule has 0 amide bonds. The van der Waals surface area contributed by atoms with Crippen LogP contribution in [0, 0.1) is 11.8 Å². The Balaban J connectivity index is 0.000000367. The molecule has 120 valence electrons. The summed E-state index contributed by atoms with van der Waals surface area (Å²) in [7, 11) is 0. The van der Waals surface area contributed by atoms with Gasteiger partial charge in [0, 0.05) is 13.0 Å². The molecule has 0 aliphatic heterocycles. The van der Waals surface area contributed by atoms with Crippen molar-refractivity contribution in [2.45, 2.75) is 91.4 Å². The maximum absolute atomic E-state index is 10.7. The Kier molecular flexibility index (Phi) is 13.4. The molecule has 1 fully saturated rings. The van der Waals surface area contributed by atoms with E-state index in [2.05, 4.69) is 13.8 Å². The summed E-state index contributed by atoms with van der Waals surface area (Å²) in [6, 6.07) is 0. The highest BCUT2D eigenvalue weighted by Gasteiger charge is 2.11. The Labute approximate surface area is 126 Å². The van der Waals surface area contributed by atoms with Crippen molar-refractivity contribution in [3.05, 3.63) is 0 Å². The van der Waals surface area contributed by atoms with E-state index in [1.807, 2.05) is 0 Å². The average molecular weight is 284 g/mol. The molecular formula is C18H36O2. The van der Waals surface area contributed by atoms with Gasteiger partial charge in [-0.25, -0.2) is 0 Å². The fraction of sp³-hybridized carbons (Fsp3) is 0.944. The highest BCUT2D eigenvalue weighted by atomic mass is 16.3. The van der Waals surface area contributed by atoms with Crippen molar-refractivity contribution in [3.8, 4) is 0 Å². The van der Waals surface area contributed by atoms with Crippen LogP contribution in [0.4, 0.5) is 0 Å². The molecule has 2 nitrogen and oxygen atoms in total. The zero-order valence-corrected chi connectivity index (χ0v) is 14.0. The SMILES string of the molecule is CCCC(CCO)CC(C)=O.CCCC1CCCCC1. The Morgan fingerprint density at radius 3 is 2.20 bits per heavy atom. The summed E-state index contributed by atoms with van der Waals surface area (Å²) in [6.07, 6.45) is 14.0. The van der Waals surface area contributed by atoms with Gasteiger partial charge < -0.3 is 9.90 Å². The molecule has 1 aliphatic carbocycles. The fourth-order valence-corrected chi connectivity index (χ4v) is 3.23. The highest BCUT2D eigenvalue weighted by Crippen LogP contribution is 2.26. The van der Waals surface area contributed by atoms with Crippen molar-refractivity contribution in [2.24, 2.45) is 11.8 Å². The van der Waals surface area contributed by atoms with E-state index >= 15 is 0 Å². The van der Waals surface area contributed by atoms with Crippen molar-refractivity contribution in [1.29, 1.82) is 0 Å². The van der Waals surface area contributed by atoms with Crippen molar-refractivity contribution in [1.82, 2.24) is 0 Å². The van der Waals surface area contributed by atoms with Crippen molar-refractivity contribution < 1.29 is 9.90 Å². The minimum Gasteiger partial charge on any atom is -0.396 e. The molecule has 0 radical (unpaired) electrons. The first kappa shape index (κ1) is 19.6. The van der Waals surface area contributed by atoms with Crippen molar-refractivity contribution in [3.63, 3.8) is 0 Å². The lowest BCUT2D eigenvalue weighted by molar-refractivity contribution is -0.118. The molecule has 0 aromatic heterocycles. The zero-order chi connectivity index (χ0) is 15.2. The zero-order valence-electron chi connectivity index (χ0n) is 14.0. The number of ketones is 1. The van der Waals surface area contributed by atoms with E-state index in [1.54, 1.807) is 6.92 Å². The fourth-order valence-electron chi connectivity index (χ4n) is 3.23. The van der Waals surface area contributed by atoms with Crippen molar-refractivity contribution in [2.75, 3.05) is 6.61 Å². The van der Waals surface area contributed by atoms with E-state index in [0.29, 0.717) is 12.3 Å². The molecule has 1 unspecified atom stereocenters. The van der Waals surface area contributed by atoms with Crippen LogP contribution in [-0.2, 0) is 4.79 Å². The van der Waals surface area contributed by atoms with E-state index < -0.39 is 0 Å². The largest absolute Gasteiger partial charge is 0.396 e. The third-order valence-corrected chi connectivity index (χ3v) is 4.23. The van der Waals surface area contributed by atoms with Crippen LogP contribution in [0.15, 0.2) is 0 Å². The standard InChI is InChI=1S/C9H18O2.C9H18/c1-3-4-9(5-6-10)7-8(2)11;1-2-6-9-7-4-3-5-8-9/h9-10H,3-7H2,1-2H3;9H,2-8H2,1H3. The highest BCUT2D eigenvalue weighted by molar-refractivity contribution is 5.75. The van der Waals surface area contributed by atoms with Gasteiger partial charge >= 0.3 is 0 Å². The molecule has 1 saturated carbocycles. The second-order valence-corrected chi connectivity index (χ2v) is 6.37. The molecule has 1 rings (SSSR count). The number of Topliss-reactive ketones (excluding diaryl/α,β-unsaturated/α-hetero) is 1. The number of aliphatic hydroxyl groups is 1. The van der Waals surface area contributed by atoms with Gasteiger partial charge in [-0.05, 0) is 25.2 Å². The second-order valence-electron chi connectivity index (χ2n) is 6.37. The Morgan fingerprint density at radius 2 is 1.75 bits per heavy atom. The first-order chi connectivity index (χ1) is 9.63. The summed E-state index contributed by atoms with van der Waals surface area (Å²) in [5, 5.41) is 8.66. The maximum atomic E-state index is 10.7. The molecule has 0 bridgehead atoms. The molecule has 0 spiro atoms. The Hall–Kier alpha value is -0.370. The number of carbonyl (C=O) groups is 1. The average Bonchev–Trinajstić information content (AvgIpc) is 2.41. The predicted octanol–water partition coefficient (Wildman–Crippen LogP) is 5.13. The number of hydrogen-bond donors (Lipinski definition) is 1. The summed E-state index contributed by atoms with van der Waals surface area (Å²) in [5.74, 6) is 1.74. The van der Waals surface area contributed by atoms with Crippen LogP contribution in [0.1, 0.15) is 91.4 Å². The van der Waals surface area contributed by atoms with E-state index in [1.165, 1.54) is 44.9 Å². The molecule has 2 heteroatoms. The molecular weight excluding hydrogens is 248 g/mol. The maximum Gasteiger partial charge on any atom is 0.130 e. The summed E-state index contributed by atoms with van der Waals surface area (Å²) in [6.45, 7) is 6.22. The normalized spacial score (nSPS) is 17.2. The molecule has 0 aromatic rings. The lowest BCUT2D eigenvalue weighted by atomic mass is 9.86. The van der Waals surface area contributed by atoms with Gasteiger partial charge in [0.1, 0.15) is 5.78 Å². The second kappa shape index (κ2) is 13.6. The molecule has 0 heterocycles. The summed E-state index contributed by atoms with van der Waals surface area (Å²) in [5.41, 5.74) is 0. The topological polar surface area (TPSA) is 37.3 Å². The molecule has 20 heavy (non-hydrogen) atoms.